The van der Waals surface area contributed by atoms with Gasteiger partial charge in [-0.2, -0.15) is 0 Å². The molecule has 104 valence electrons. The minimum absolute atomic E-state index is 0.137. The summed E-state index contributed by atoms with van der Waals surface area (Å²) in [6, 6.07) is 13.2. The monoisotopic (exact) mass is 270 g/mol. The number of carbonyl (C=O) groups is 1. The fraction of sp³-hybridized carbons (Fsp3) is 0.250. The first-order valence-electron chi connectivity index (χ1n) is 6.54. The lowest BCUT2D eigenvalue weighted by atomic mass is 10.1. The van der Waals surface area contributed by atoms with E-state index < -0.39 is 0 Å². The summed E-state index contributed by atoms with van der Waals surface area (Å²) in [4.78, 5) is 16.1. The van der Waals surface area contributed by atoms with E-state index in [1.165, 1.54) is 0 Å². The summed E-state index contributed by atoms with van der Waals surface area (Å²) in [6.07, 6.45) is 0.779. The first-order chi connectivity index (χ1) is 9.69. The highest BCUT2D eigenvalue weighted by Crippen LogP contribution is 2.11. The highest BCUT2D eigenvalue weighted by molar-refractivity contribution is 5.92. The number of pyridine rings is 1. The van der Waals surface area contributed by atoms with E-state index in [1.54, 1.807) is 13.2 Å². The summed E-state index contributed by atoms with van der Waals surface area (Å²) in [7, 11) is 1.64. The molecule has 1 aromatic carbocycles. The third kappa shape index (κ3) is 3.82. The highest BCUT2D eigenvalue weighted by Gasteiger charge is 2.06. The Kier molecular flexibility index (Phi) is 4.71. The first kappa shape index (κ1) is 14.1. The van der Waals surface area contributed by atoms with E-state index in [2.05, 4.69) is 10.3 Å². The second kappa shape index (κ2) is 6.70. The van der Waals surface area contributed by atoms with E-state index >= 15 is 0 Å². The number of aryl methyl sites for hydroxylation is 1. The molecule has 4 heteroatoms. The van der Waals surface area contributed by atoms with Crippen LogP contribution in [0.15, 0.2) is 42.5 Å². The molecule has 1 N–H and O–H groups in total. The van der Waals surface area contributed by atoms with Gasteiger partial charge < -0.3 is 10.1 Å². The minimum Gasteiger partial charge on any atom is -0.497 e. The summed E-state index contributed by atoms with van der Waals surface area (Å²) >= 11 is 0. The maximum Gasteiger partial charge on any atom is 0.269 e. The Bertz CT molecular complexity index is 579. The number of aromatic nitrogens is 1. The molecule has 0 spiro atoms. The van der Waals surface area contributed by atoms with Crippen LogP contribution < -0.4 is 10.1 Å². The summed E-state index contributed by atoms with van der Waals surface area (Å²) < 4.78 is 5.10. The van der Waals surface area contributed by atoms with Gasteiger partial charge in [-0.25, -0.2) is 4.98 Å². The van der Waals surface area contributed by atoms with Gasteiger partial charge in [0.25, 0.3) is 5.91 Å². The molecule has 0 saturated carbocycles. The number of benzene rings is 1. The van der Waals surface area contributed by atoms with Crippen LogP contribution in [-0.4, -0.2) is 24.5 Å². The molecule has 1 heterocycles. The number of nitrogens with zero attached hydrogens (tertiary/aromatic N) is 1. The van der Waals surface area contributed by atoms with Gasteiger partial charge in [0.15, 0.2) is 0 Å². The molecule has 0 aliphatic carbocycles. The maximum atomic E-state index is 11.9. The van der Waals surface area contributed by atoms with Crippen LogP contribution in [0.3, 0.4) is 0 Å². The van der Waals surface area contributed by atoms with Crippen LogP contribution in [0.4, 0.5) is 0 Å². The van der Waals surface area contributed by atoms with Gasteiger partial charge in [0, 0.05) is 12.2 Å². The molecule has 1 aromatic heterocycles. The molecule has 20 heavy (non-hydrogen) atoms. The van der Waals surface area contributed by atoms with Crippen molar-refractivity contribution in [3.05, 3.63) is 59.4 Å². The Morgan fingerprint density at radius 3 is 2.60 bits per heavy atom. The zero-order valence-corrected chi connectivity index (χ0v) is 11.7. The predicted octanol–water partition coefficient (Wildman–Crippen LogP) is 2.37. The third-order valence-electron chi connectivity index (χ3n) is 2.98. The number of hydrogen-bond acceptors (Lipinski definition) is 3. The molecule has 2 rings (SSSR count). The van der Waals surface area contributed by atoms with Crippen molar-refractivity contribution in [2.24, 2.45) is 0 Å². The SMILES string of the molecule is COc1ccc(CCNC(=O)c2cccc(C)n2)cc1. The highest BCUT2D eigenvalue weighted by atomic mass is 16.5. The Balaban J connectivity index is 1.84. The molecule has 0 atom stereocenters. The minimum atomic E-state index is -0.137. The lowest BCUT2D eigenvalue weighted by Crippen LogP contribution is -2.26. The van der Waals surface area contributed by atoms with Crippen LogP contribution in [0.2, 0.25) is 0 Å². The van der Waals surface area contributed by atoms with Crippen molar-refractivity contribution in [1.29, 1.82) is 0 Å². The maximum absolute atomic E-state index is 11.9. The lowest BCUT2D eigenvalue weighted by molar-refractivity contribution is 0.0949. The predicted molar refractivity (Wildman–Crippen MR) is 78.0 cm³/mol. The summed E-state index contributed by atoms with van der Waals surface area (Å²) in [5.74, 6) is 0.698. The van der Waals surface area contributed by atoms with E-state index in [0.29, 0.717) is 12.2 Å². The van der Waals surface area contributed by atoms with Gasteiger partial charge in [0.05, 0.1) is 7.11 Å². The molecular formula is C16H18N2O2. The molecule has 0 bridgehead atoms. The topological polar surface area (TPSA) is 51.2 Å². The van der Waals surface area contributed by atoms with Crippen LogP contribution >= 0.6 is 0 Å². The van der Waals surface area contributed by atoms with Crippen LogP contribution in [0.5, 0.6) is 5.75 Å². The molecule has 2 aromatic rings. The standard InChI is InChI=1S/C16H18N2O2/c1-12-4-3-5-15(18-12)16(19)17-11-10-13-6-8-14(20-2)9-7-13/h3-9H,10-11H2,1-2H3,(H,17,19). The van der Waals surface area contributed by atoms with E-state index in [9.17, 15) is 4.79 Å². The van der Waals surface area contributed by atoms with Crippen LogP contribution in [0.1, 0.15) is 21.7 Å². The molecule has 0 unspecified atom stereocenters. The Morgan fingerprint density at radius 1 is 1.20 bits per heavy atom. The van der Waals surface area contributed by atoms with Gasteiger partial charge in [0.1, 0.15) is 11.4 Å². The number of amides is 1. The van der Waals surface area contributed by atoms with E-state index in [4.69, 9.17) is 4.74 Å². The van der Waals surface area contributed by atoms with Crippen molar-refractivity contribution in [2.75, 3.05) is 13.7 Å². The lowest BCUT2D eigenvalue weighted by Gasteiger charge is -2.06. The van der Waals surface area contributed by atoms with Crippen molar-refractivity contribution >= 4 is 5.91 Å². The summed E-state index contributed by atoms with van der Waals surface area (Å²) in [5.41, 5.74) is 2.45. The smallest absolute Gasteiger partial charge is 0.269 e. The Labute approximate surface area is 118 Å². The van der Waals surface area contributed by atoms with Gasteiger partial charge >= 0.3 is 0 Å². The fourth-order valence-corrected chi connectivity index (χ4v) is 1.87. The second-order valence-corrected chi connectivity index (χ2v) is 4.52. The van der Waals surface area contributed by atoms with Crippen molar-refractivity contribution < 1.29 is 9.53 Å². The number of carbonyl (C=O) groups excluding carboxylic acids is 1. The van der Waals surface area contributed by atoms with Crippen LogP contribution in [0.25, 0.3) is 0 Å². The zero-order chi connectivity index (χ0) is 14.4. The van der Waals surface area contributed by atoms with Gasteiger partial charge in [-0.1, -0.05) is 18.2 Å². The second-order valence-electron chi connectivity index (χ2n) is 4.52. The van der Waals surface area contributed by atoms with Crippen molar-refractivity contribution in [1.82, 2.24) is 10.3 Å². The molecular weight excluding hydrogens is 252 g/mol. The Morgan fingerprint density at radius 2 is 1.95 bits per heavy atom. The average molecular weight is 270 g/mol. The summed E-state index contributed by atoms with van der Waals surface area (Å²) in [5, 5.41) is 2.87. The Hall–Kier alpha value is -2.36. The average Bonchev–Trinajstić information content (AvgIpc) is 2.48. The number of methoxy groups -OCH3 is 1. The summed E-state index contributed by atoms with van der Waals surface area (Å²) in [6.45, 7) is 2.45. The molecule has 0 aliphatic heterocycles. The van der Waals surface area contributed by atoms with Crippen molar-refractivity contribution in [3.63, 3.8) is 0 Å². The molecule has 0 saturated heterocycles. The number of rotatable bonds is 5. The van der Waals surface area contributed by atoms with Crippen molar-refractivity contribution in [2.45, 2.75) is 13.3 Å². The fourth-order valence-electron chi connectivity index (χ4n) is 1.87. The van der Waals surface area contributed by atoms with Gasteiger partial charge in [-0.15, -0.1) is 0 Å². The van der Waals surface area contributed by atoms with Gasteiger partial charge in [-0.3, -0.25) is 4.79 Å². The normalized spacial score (nSPS) is 10.1. The number of ether oxygens (including phenoxy) is 1. The van der Waals surface area contributed by atoms with Crippen LogP contribution in [0, 0.1) is 6.92 Å². The zero-order valence-electron chi connectivity index (χ0n) is 11.7. The van der Waals surface area contributed by atoms with E-state index in [1.807, 2.05) is 43.3 Å². The van der Waals surface area contributed by atoms with Gasteiger partial charge in [-0.05, 0) is 43.2 Å². The quantitative estimate of drug-likeness (QED) is 0.907. The number of hydrogen-bond donors (Lipinski definition) is 1. The molecule has 1 amide bonds. The van der Waals surface area contributed by atoms with Gasteiger partial charge in [0.2, 0.25) is 0 Å². The van der Waals surface area contributed by atoms with E-state index in [-0.39, 0.29) is 5.91 Å². The first-order valence-corrected chi connectivity index (χ1v) is 6.54. The van der Waals surface area contributed by atoms with Crippen LogP contribution in [-0.2, 0) is 6.42 Å². The van der Waals surface area contributed by atoms with Crippen molar-refractivity contribution in [3.8, 4) is 5.75 Å². The molecule has 0 aliphatic rings. The largest absolute Gasteiger partial charge is 0.497 e. The third-order valence-corrected chi connectivity index (χ3v) is 2.98. The number of nitrogens with one attached hydrogen (secondary N) is 1. The molecule has 4 nitrogen and oxygen atoms in total. The molecule has 0 radical (unpaired) electrons. The molecule has 0 fully saturated rings. The van der Waals surface area contributed by atoms with E-state index in [0.717, 1.165) is 23.4 Å².